The van der Waals surface area contributed by atoms with Crippen LogP contribution in [0.25, 0.3) is 0 Å². The molecule has 4 N–H and O–H groups in total. The minimum absolute atomic E-state index is 0.0810. The maximum Gasteiger partial charge on any atom is 0.270 e. The summed E-state index contributed by atoms with van der Waals surface area (Å²) in [5, 5.41) is 6.44. The molecule has 4 bridgehead atoms. The SMILES string of the molecule is NS(=O)(=O)c1cc(C(=O)NNC(=O)CC23CC4CC(CC(C4)C2)C3)cs1. The molecule has 0 radical (unpaired) electrons. The molecule has 0 saturated heterocycles. The zero-order chi connectivity index (χ0) is 18.5. The fourth-order valence-electron chi connectivity index (χ4n) is 5.67. The van der Waals surface area contributed by atoms with Crippen LogP contribution >= 0.6 is 11.3 Å². The van der Waals surface area contributed by atoms with E-state index >= 15 is 0 Å². The Morgan fingerprint density at radius 3 is 2.19 bits per heavy atom. The van der Waals surface area contributed by atoms with E-state index in [0.29, 0.717) is 6.42 Å². The summed E-state index contributed by atoms with van der Waals surface area (Å²) in [6.45, 7) is 0. The van der Waals surface area contributed by atoms with Gasteiger partial charge in [-0.1, -0.05) is 0 Å². The van der Waals surface area contributed by atoms with Gasteiger partial charge in [0.2, 0.25) is 15.9 Å². The third-order valence-corrected chi connectivity index (χ3v) is 8.52. The number of carbonyl (C=O) groups is 2. The quantitative estimate of drug-likeness (QED) is 0.671. The fraction of sp³-hybridized carbons (Fsp3) is 0.647. The van der Waals surface area contributed by atoms with Gasteiger partial charge in [-0.25, -0.2) is 13.6 Å². The van der Waals surface area contributed by atoms with Crippen molar-refractivity contribution in [2.24, 2.45) is 28.3 Å². The van der Waals surface area contributed by atoms with Crippen LogP contribution in [-0.2, 0) is 14.8 Å². The molecule has 4 aliphatic carbocycles. The van der Waals surface area contributed by atoms with Crippen molar-refractivity contribution in [3.8, 4) is 0 Å². The Hall–Kier alpha value is -1.45. The van der Waals surface area contributed by atoms with Crippen LogP contribution in [-0.4, -0.2) is 20.2 Å². The van der Waals surface area contributed by atoms with Crippen molar-refractivity contribution < 1.29 is 18.0 Å². The van der Waals surface area contributed by atoms with Crippen LogP contribution in [0.1, 0.15) is 55.3 Å². The van der Waals surface area contributed by atoms with Gasteiger partial charge in [-0.3, -0.25) is 20.4 Å². The molecular weight excluding hydrogens is 374 g/mol. The molecule has 1 heterocycles. The lowest BCUT2D eigenvalue weighted by Crippen LogP contribution is -2.50. The van der Waals surface area contributed by atoms with E-state index in [4.69, 9.17) is 5.14 Å². The third-order valence-electron chi connectivity index (χ3n) is 6.13. The average molecular weight is 398 g/mol. The smallest absolute Gasteiger partial charge is 0.270 e. The summed E-state index contributed by atoms with van der Waals surface area (Å²) in [6, 6.07) is 1.21. The molecule has 0 aliphatic heterocycles. The van der Waals surface area contributed by atoms with Crippen LogP contribution in [0.3, 0.4) is 0 Å². The van der Waals surface area contributed by atoms with E-state index in [2.05, 4.69) is 10.9 Å². The molecular formula is C17H23N3O4S2. The van der Waals surface area contributed by atoms with Gasteiger partial charge in [-0.15, -0.1) is 11.3 Å². The van der Waals surface area contributed by atoms with Crippen molar-refractivity contribution in [2.75, 3.05) is 0 Å². The number of hydrogen-bond donors (Lipinski definition) is 3. The first-order valence-electron chi connectivity index (χ1n) is 8.93. The van der Waals surface area contributed by atoms with Gasteiger partial charge < -0.3 is 0 Å². The summed E-state index contributed by atoms with van der Waals surface area (Å²) in [7, 11) is -3.83. The highest BCUT2D eigenvalue weighted by Gasteiger charge is 2.51. The van der Waals surface area contributed by atoms with E-state index in [0.717, 1.165) is 48.4 Å². The minimum Gasteiger partial charge on any atom is -0.273 e. The molecule has 2 amide bonds. The molecule has 4 saturated carbocycles. The molecule has 0 unspecified atom stereocenters. The lowest BCUT2D eigenvalue weighted by atomic mass is 9.49. The molecule has 4 fully saturated rings. The van der Waals surface area contributed by atoms with Gasteiger partial charge >= 0.3 is 0 Å². The Labute approximate surface area is 156 Å². The Kier molecular flexibility index (Phi) is 4.36. The van der Waals surface area contributed by atoms with Gasteiger partial charge in [0.25, 0.3) is 5.91 Å². The van der Waals surface area contributed by atoms with Gasteiger partial charge in [0.05, 0.1) is 5.56 Å². The van der Waals surface area contributed by atoms with Crippen LogP contribution in [0.4, 0.5) is 0 Å². The van der Waals surface area contributed by atoms with Gasteiger partial charge in [0.1, 0.15) is 4.21 Å². The molecule has 142 valence electrons. The number of hydrazine groups is 1. The van der Waals surface area contributed by atoms with E-state index in [1.165, 1.54) is 30.7 Å². The van der Waals surface area contributed by atoms with Crippen LogP contribution < -0.4 is 16.0 Å². The first-order valence-corrected chi connectivity index (χ1v) is 11.4. The summed E-state index contributed by atoms with van der Waals surface area (Å²) in [6.07, 6.45) is 7.79. The van der Waals surface area contributed by atoms with Crippen molar-refractivity contribution in [2.45, 2.75) is 49.2 Å². The second-order valence-electron chi connectivity index (χ2n) is 8.30. The Balaban J connectivity index is 1.33. The Morgan fingerprint density at radius 2 is 1.69 bits per heavy atom. The zero-order valence-electron chi connectivity index (χ0n) is 14.4. The number of thiophene rings is 1. The zero-order valence-corrected chi connectivity index (χ0v) is 16.0. The summed E-state index contributed by atoms with van der Waals surface area (Å²) < 4.78 is 22.5. The third kappa shape index (κ3) is 3.52. The standard InChI is InChI=1S/C17H23N3O4S2/c18-26(23,24)15-4-13(9-25-15)16(22)20-19-14(21)8-17-5-10-1-11(6-17)3-12(2-10)7-17/h4,9-12H,1-3,5-8H2,(H,19,21)(H,20,22)(H2,18,23,24). The van der Waals surface area contributed by atoms with E-state index in [9.17, 15) is 18.0 Å². The number of hydrogen-bond acceptors (Lipinski definition) is 5. The van der Waals surface area contributed by atoms with Crippen molar-refractivity contribution >= 4 is 33.2 Å². The second-order valence-corrected chi connectivity index (χ2v) is 11.0. The monoisotopic (exact) mass is 397 g/mol. The molecule has 0 atom stereocenters. The molecule has 26 heavy (non-hydrogen) atoms. The van der Waals surface area contributed by atoms with Crippen molar-refractivity contribution in [3.63, 3.8) is 0 Å². The predicted octanol–water partition coefficient (Wildman–Crippen LogP) is 1.76. The molecule has 0 spiro atoms. The van der Waals surface area contributed by atoms with Crippen LogP contribution in [0.2, 0.25) is 0 Å². The van der Waals surface area contributed by atoms with Gasteiger partial charge in [0.15, 0.2) is 0 Å². The summed E-state index contributed by atoms with van der Waals surface area (Å²) in [5.74, 6) is 1.58. The van der Waals surface area contributed by atoms with E-state index < -0.39 is 15.9 Å². The Morgan fingerprint density at radius 1 is 1.12 bits per heavy atom. The maximum atomic E-state index is 12.4. The van der Waals surface area contributed by atoms with Gasteiger partial charge in [0, 0.05) is 11.8 Å². The number of amides is 2. The van der Waals surface area contributed by atoms with E-state index in [1.54, 1.807) is 0 Å². The summed E-state index contributed by atoms with van der Waals surface area (Å²) in [4.78, 5) is 24.5. The number of nitrogens with one attached hydrogen (secondary N) is 2. The summed E-state index contributed by atoms with van der Waals surface area (Å²) in [5.41, 5.74) is 5.13. The Bertz CT molecular complexity index is 811. The lowest BCUT2D eigenvalue weighted by Gasteiger charge is -2.56. The average Bonchev–Trinajstić information content (AvgIpc) is 3.01. The van der Waals surface area contributed by atoms with Crippen molar-refractivity contribution in [3.05, 3.63) is 17.0 Å². The van der Waals surface area contributed by atoms with E-state index in [1.807, 2.05) is 0 Å². The molecule has 4 aliphatic rings. The highest BCUT2D eigenvalue weighted by Crippen LogP contribution is 2.61. The van der Waals surface area contributed by atoms with Crippen molar-refractivity contribution in [1.82, 2.24) is 10.9 Å². The number of sulfonamides is 1. The van der Waals surface area contributed by atoms with E-state index in [-0.39, 0.29) is 21.1 Å². The van der Waals surface area contributed by atoms with Gasteiger partial charge in [-0.2, -0.15) is 0 Å². The lowest BCUT2D eigenvalue weighted by molar-refractivity contribution is -0.130. The predicted molar refractivity (Wildman–Crippen MR) is 96.5 cm³/mol. The van der Waals surface area contributed by atoms with Crippen LogP contribution in [0.5, 0.6) is 0 Å². The largest absolute Gasteiger partial charge is 0.273 e. The number of primary sulfonamides is 1. The van der Waals surface area contributed by atoms with Crippen LogP contribution in [0.15, 0.2) is 15.7 Å². The molecule has 1 aromatic rings. The van der Waals surface area contributed by atoms with Gasteiger partial charge in [-0.05, 0) is 67.8 Å². The fourth-order valence-corrected chi connectivity index (χ4v) is 7.26. The molecule has 5 rings (SSSR count). The molecule has 7 nitrogen and oxygen atoms in total. The number of nitrogens with two attached hydrogens (primary N) is 1. The first kappa shape index (κ1) is 17.9. The number of carbonyl (C=O) groups excluding carboxylic acids is 2. The molecule has 9 heteroatoms. The summed E-state index contributed by atoms with van der Waals surface area (Å²) >= 11 is 0.877. The second kappa shape index (κ2) is 6.31. The molecule has 0 aromatic carbocycles. The number of rotatable bonds is 4. The normalized spacial score (nSPS) is 32.4. The highest BCUT2D eigenvalue weighted by atomic mass is 32.2. The highest BCUT2D eigenvalue weighted by molar-refractivity contribution is 7.91. The molecule has 1 aromatic heterocycles. The minimum atomic E-state index is -3.83. The van der Waals surface area contributed by atoms with Crippen molar-refractivity contribution in [1.29, 1.82) is 0 Å². The van der Waals surface area contributed by atoms with Crippen LogP contribution in [0, 0.1) is 23.2 Å². The first-order chi connectivity index (χ1) is 12.2. The topological polar surface area (TPSA) is 118 Å². The maximum absolute atomic E-state index is 12.4.